The Kier molecular flexibility index (Phi) is 5.30. The topological polar surface area (TPSA) is 69.8 Å². The SMILES string of the molecule is CCNC(=NCc1nc(C)no1)N1CCN(c2ccccc2)CC1. The number of aromatic nitrogens is 2. The summed E-state index contributed by atoms with van der Waals surface area (Å²) >= 11 is 0. The molecule has 3 rings (SSSR count). The van der Waals surface area contributed by atoms with Crippen molar-refractivity contribution in [3.8, 4) is 0 Å². The van der Waals surface area contributed by atoms with Crippen molar-refractivity contribution >= 4 is 11.6 Å². The number of aryl methyl sites for hydroxylation is 1. The van der Waals surface area contributed by atoms with Gasteiger partial charge in [-0.15, -0.1) is 0 Å². The minimum atomic E-state index is 0.405. The molecular weight excluding hydrogens is 304 g/mol. The smallest absolute Gasteiger partial charge is 0.248 e. The molecule has 1 aromatic carbocycles. The number of rotatable bonds is 4. The fraction of sp³-hybridized carbons (Fsp3) is 0.471. The average Bonchev–Trinajstić information content (AvgIpc) is 3.05. The van der Waals surface area contributed by atoms with Crippen LogP contribution in [0.25, 0.3) is 0 Å². The van der Waals surface area contributed by atoms with Crippen molar-refractivity contribution in [1.82, 2.24) is 20.4 Å². The molecular formula is C17H24N6O. The van der Waals surface area contributed by atoms with E-state index in [-0.39, 0.29) is 0 Å². The van der Waals surface area contributed by atoms with Gasteiger partial charge in [0, 0.05) is 38.4 Å². The molecule has 0 atom stereocenters. The van der Waals surface area contributed by atoms with E-state index < -0.39 is 0 Å². The Labute approximate surface area is 142 Å². The summed E-state index contributed by atoms with van der Waals surface area (Å²) in [6.07, 6.45) is 0. The lowest BCUT2D eigenvalue weighted by Crippen LogP contribution is -2.52. The third kappa shape index (κ3) is 4.04. The Morgan fingerprint density at radius 1 is 1.21 bits per heavy atom. The van der Waals surface area contributed by atoms with Crippen LogP contribution >= 0.6 is 0 Å². The Bertz CT molecular complexity index is 661. The van der Waals surface area contributed by atoms with Crippen molar-refractivity contribution in [3.05, 3.63) is 42.0 Å². The normalized spacial score (nSPS) is 15.7. The number of guanidine groups is 1. The van der Waals surface area contributed by atoms with E-state index in [9.17, 15) is 0 Å². The summed E-state index contributed by atoms with van der Waals surface area (Å²) in [6.45, 7) is 8.95. The van der Waals surface area contributed by atoms with Crippen LogP contribution in [-0.4, -0.2) is 53.7 Å². The van der Waals surface area contributed by atoms with Crippen LogP contribution in [0.2, 0.25) is 0 Å². The highest BCUT2D eigenvalue weighted by Gasteiger charge is 2.19. The molecule has 0 radical (unpaired) electrons. The van der Waals surface area contributed by atoms with E-state index in [2.05, 4.69) is 67.5 Å². The molecule has 1 N–H and O–H groups in total. The van der Waals surface area contributed by atoms with Gasteiger partial charge in [0.05, 0.1) is 0 Å². The van der Waals surface area contributed by atoms with Gasteiger partial charge in [0.25, 0.3) is 0 Å². The number of anilines is 1. The maximum absolute atomic E-state index is 5.13. The molecule has 0 spiro atoms. The van der Waals surface area contributed by atoms with Gasteiger partial charge in [0.2, 0.25) is 5.89 Å². The van der Waals surface area contributed by atoms with Crippen LogP contribution in [-0.2, 0) is 6.54 Å². The first-order valence-corrected chi connectivity index (χ1v) is 8.38. The second-order valence-corrected chi connectivity index (χ2v) is 5.72. The van der Waals surface area contributed by atoms with Crippen LogP contribution in [0.5, 0.6) is 0 Å². The molecule has 0 aliphatic carbocycles. The molecule has 1 aliphatic rings. The summed E-state index contributed by atoms with van der Waals surface area (Å²) in [7, 11) is 0. The predicted octanol–water partition coefficient (Wildman–Crippen LogP) is 1.67. The van der Waals surface area contributed by atoms with E-state index in [0.717, 1.165) is 38.7 Å². The van der Waals surface area contributed by atoms with Gasteiger partial charge < -0.3 is 19.6 Å². The van der Waals surface area contributed by atoms with Gasteiger partial charge in [-0.1, -0.05) is 23.4 Å². The van der Waals surface area contributed by atoms with Crippen LogP contribution in [0, 0.1) is 6.92 Å². The summed E-state index contributed by atoms with van der Waals surface area (Å²) in [4.78, 5) is 13.5. The number of benzene rings is 1. The molecule has 0 saturated carbocycles. The molecule has 2 aromatic rings. The number of hydrogen-bond donors (Lipinski definition) is 1. The van der Waals surface area contributed by atoms with Gasteiger partial charge >= 0.3 is 0 Å². The van der Waals surface area contributed by atoms with Crippen LogP contribution in [0.4, 0.5) is 5.69 Å². The highest BCUT2D eigenvalue weighted by atomic mass is 16.5. The molecule has 0 unspecified atom stereocenters. The maximum atomic E-state index is 5.13. The largest absolute Gasteiger partial charge is 0.368 e. The molecule has 0 amide bonds. The Balaban J connectivity index is 1.61. The van der Waals surface area contributed by atoms with Crippen molar-refractivity contribution in [2.24, 2.45) is 4.99 Å². The van der Waals surface area contributed by atoms with Gasteiger partial charge in [0.15, 0.2) is 11.8 Å². The first-order valence-electron chi connectivity index (χ1n) is 8.38. The van der Waals surface area contributed by atoms with Crippen LogP contribution in [0.1, 0.15) is 18.6 Å². The summed E-state index contributed by atoms with van der Waals surface area (Å²) in [5.41, 5.74) is 1.28. The Hall–Kier alpha value is -2.57. The fourth-order valence-corrected chi connectivity index (χ4v) is 2.79. The lowest BCUT2D eigenvalue weighted by atomic mass is 10.2. The summed E-state index contributed by atoms with van der Waals surface area (Å²) < 4.78 is 5.13. The van der Waals surface area contributed by atoms with E-state index in [1.807, 2.05) is 6.92 Å². The third-order valence-corrected chi connectivity index (χ3v) is 3.97. The standard InChI is InChI=1S/C17H24N6O/c1-3-18-17(19-13-16-20-14(2)21-24-16)23-11-9-22(10-12-23)15-7-5-4-6-8-15/h4-8H,3,9-13H2,1-2H3,(H,18,19). The van der Waals surface area contributed by atoms with Crippen molar-refractivity contribution in [3.63, 3.8) is 0 Å². The lowest BCUT2D eigenvalue weighted by molar-refractivity contribution is 0.363. The van der Waals surface area contributed by atoms with Crippen molar-refractivity contribution in [1.29, 1.82) is 0 Å². The van der Waals surface area contributed by atoms with Crippen molar-refractivity contribution in [2.45, 2.75) is 20.4 Å². The number of hydrogen-bond acceptors (Lipinski definition) is 5. The summed E-state index contributed by atoms with van der Waals surface area (Å²) in [5.74, 6) is 2.09. The molecule has 1 saturated heterocycles. The number of piperazine rings is 1. The van der Waals surface area contributed by atoms with E-state index in [0.29, 0.717) is 18.3 Å². The van der Waals surface area contributed by atoms with Crippen LogP contribution in [0.15, 0.2) is 39.8 Å². The second-order valence-electron chi connectivity index (χ2n) is 5.72. The minimum absolute atomic E-state index is 0.405. The van der Waals surface area contributed by atoms with Crippen molar-refractivity contribution < 1.29 is 4.52 Å². The van der Waals surface area contributed by atoms with E-state index >= 15 is 0 Å². The molecule has 24 heavy (non-hydrogen) atoms. The number of nitrogens with zero attached hydrogens (tertiary/aromatic N) is 5. The van der Waals surface area contributed by atoms with E-state index in [1.165, 1.54) is 5.69 Å². The predicted molar refractivity (Wildman–Crippen MR) is 94.1 cm³/mol. The van der Waals surface area contributed by atoms with Crippen LogP contribution in [0.3, 0.4) is 0 Å². The van der Waals surface area contributed by atoms with Gasteiger partial charge in [-0.05, 0) is 26.0 Å². The molecule has 7 nitrogen and oxygen atoms in total. The highest BCUT2D eigenvalue weighted by Crippen LogP contribution is 2.15. The molecule has 128 valence electrons. The minimum Gasteiger partial charge on any atom is -0.368 e. The Morgan fingerprint density at radius 2 is 1.96 bits per heavy atom. The van der Waals surface area contributed by atoms with E-state index in [1.54, 1.807) is 0 Å². The van der Waals surface area contributed by atoms with Gasteiger partial charge in [-0.25, -0.2) is 4.99 Å². The number of aliphatic imine (C=N–C) groups is 1. The lowest BCUT2D eigenvalue weighted by Gasteiger charge is -2.37. The second kappa shape index (κ2) is 7.81. The zero-order chi connectivity index (χ0) is 16.8. The maximum Gasteiger partial charge on any atom is 0.248 e. The third-order valence-electron chi connectivity index (χ3n) is 3.97. The number of nitrogens with one attached hydrogen (secondary N) is 1. The summed E-state index contributed by atoms with van der Waals surface area (Å²) in [5, 5.41) is 7.15. The first kappa shape index (κ1) is 16.3. The molecule has 1 aromatic heterocycles. The number of para-hydroxylation sites is 1. The van der Waals surface area contributed by atoms with Crippen molar-refractivity contribution in [2.75, 3.05) is 37.6 Å². The Morgan fingerprint density at radius 3 is 2.58 bits per heavy atom. The quantitative estimate of drug-likeness (QED) is 0.680. The van der Waals surface area contributed by atoms with Gasteiger partial charge in [-0.3, -0.25) is 0 Å². The highest BCUT2D eigenvalue weighted by molar-refractivity contribution is 5.80. The van der Waals surface area contributed by atoms with E-state index in [4.69, 9.17) is 4.52 Å². The monoisotopic (exact) mass is 328 g/mol. The zero-order valence-electron chi connectivity index (χ0n) is 14.3. The molecule has 0 bridgehead atoms. The van der Waals surface area contributed by atoms with Gasteiger partial charge in [-0.2, -0.15) is 4.98 Å². The molecule has 7 heteroatoms. The van der Waals surface area contributed by atoms with Gasteiger partial charge in [0.1, 0.15) is 6.54 Å². The van der Waals surface area contributed by atoms with Crippen LogP contribution < -0.4 is 10.2 Å². The first-order chi connectivity index (χ1) is 11.8. The average molecular weight is 328 g/mol. The molecule has 2 heterocycles. The zero-order valence-corrected chi connectivity index (χ0v) is 14.3. The summed E-state index contributed by atoms with van der Waals surface area (Å²) in [6, 6.07) is 10.5. The molecule has 1 aliphatic heterocycles. The molecule has 1 fully saturated rings. The fourth-order valence-electron chi connectivity index (χ4n) is 2.79.